The zero-order valence-corrected chi connectivity index (χ0v) is 9.48. The van der Waals surface area contributed by atoms with Crippen LogP contribution in [0.2, 0.25) is 5.15 Å². The van der Waals surface area contributed by atoms with Crippen molar-refractivity contribution in [2.24, 2.45) is 0 Å². The summed E-state index contributed by atoms with van der Waals surface area (Å²) < 4.78 is 0. The lowest BCUT2D eigenvalue weighted by molar-refractivity contribution is -0.119. The topological polar surface area (TPSA) is 82.5 Å². The molecule has 0 fully saturated rings. The van der Waals surface area contributed by atoms with Crippen molar-refractivity contribution >= 4 is 17.5 Å². The van der Waals surface area contributed by atoms with Gasteiger partial charge >= 0.3 is 0 Å². The molecule has 0 spiro atoms. The van der Waals surface area contributed by atoms with Gasteiger partial charge in [0.1, 0.15) is 17.4 Å². The van der Waals surface area contributed by atoms with E-state index in [1.807, 2.05) is 0 Å². The predicted octanol–water partition coefficient (Wildman–Crippen LogP) is 0.265. The number of aliphatic hydroxyl groups excluding tert-OH is 2. The number of nitrogens with zero attached hydrogens (tertiary/aromatic N) is 1. The first-order valence-electron chi connectivity index (χ1n) is 4.73. The summed E-state index contributed by atoms with van der Waals surface area (Å²) in [4.78, 5) is 14.5. The van der Waals surface area contributed by atoms with E-state index in [1.165, 1.54) is 6.92 Å². The van der Waals surface area contributed by atoms with Gasteiger partial charge in [0.05, 0.1) is 5.69 Å². The normalized spacial score (nSPS) is 14.2. The van der Waals surface area contributed by atoms with Crippen molar-refractivity contribution in [3.05, 3.63) is 29.0 Å². The van der Waals surface area contributed by atoms with Crippen molar-refractivity contribution in [2.45, 2.75) is 19.1 Å². The zero-order chi connectivity index (χ0) is 12.1. The van der Waals surface area contributed by atoms with Gasteiger partial charge in [0, 0.05) is 13.5 Å². The molecule has 1 amide bonds. The molecular weight excluding hydrogens is 232 g/mol. The number of amides is 1. The van der Waals surface area contributed by atoms with E-state index in [0.29, 0.717) is 0 Å². The van der Waals surface area contributed by atoms with Gasteiger partial charge in [-0.25, -0.2) is 4.98 Å². The number of carbonyl (C=O) groups excluding carboxylic acids is 1. The molecule has 0 bridgehead atoms. The molecule has 1 aromatic rings. The maximum atomic E-state index is 10.6. The Morgan fingerprint density at radius 2 is 2.25 bits per heavy atom. The molecule has 0 saturated heterocycles. The molecule has 1 heterocycles. The molecule has 0 aliphatic carbocycles. The molecule has 2 atom stereocenters. The van der Waals surface area contributed by atoms with Crippen LogP contribution in [0.4, 0.5) is 0 Å². The van der Waals surface area contributed by atoms with Crippen LogP contribution < -0.4 is 5.32 Å². The summed E-state index contributed by atoms with van der Waals surface area (Å²) in [6.07, 6.45) is -2.29. The van der Waals surface area contributed by atoms with Gasteiger partial charge in [0.2, 0.25) is 5.91 Å². The Kier molecular flexibility index (Phi) is 4.67. The highest BCUT2D eigenvalue weighted by Crippen LogP contribution is 2.16. The third-order valence-electron chi connectivity index (χ3n) is 1.96. The standard InChI is InChI=1S/C10H13ClN2O3/c1-6(14)12-5-8(15)10(16)7-3-2-4-9(11)13-7/h2-4,8,10,15-16H,5H2,1H3,(H,12,14). The van der Waals surface area contributed by atoms with Crippen LogP contribution in [0.15, 0.2) is 18.2 Å². The summed E-state index contributed by atoms with van der Waals surface area (Å²) in [7, 11) is 0. The molecule has 2 unspecified atom stereocenters. The number of nitrogens with one attached hydrogen (secondary N) is 1. The number of aromatic nitrogens is 1. The summed E-state index contributed by atoms with van der Waals surface area (Å²) in [6, 6.07) is 4.74. The highest BCUT2D eigenvalue weighted by atomic mass is 35.5. The third-order valence-corrected chi connectivity index (χ3v) is 2.17. The highest BCUT2D eigenvalue weighted by Gasteiger charge is 2.19. The predicted molar refractivity (Wildman–Crippen MR) is 58.9 cm³/mol. The highest BCUT2D eigenvalue weighted by molar-refractivity contribution is 6.29. The molecule has 0 saturated carbocycles. The van der Waals surface area contributed by atoms with Crippen molar-refractivity contribution in [1.82, 2.24) is 10.3 Å². The zero-order valence-electron chi connectivity index (χ0n) is 8.72. The fourth-order valence-electron chi connectivity index (χ4n) is 1.15. The molecule has 3 N–H and O–H groups in total. The van der Waals surface area contributed by atoms with Gasteiger partial charge in [-0.15, -0.1) is 0 Å². The van der Waals surface area contributed by atoms with Crippen LogP contribution in [0.1, 0.15) is 18.7 Å². The molecule has 0 aromatic carbocycles. The second kappa shape index (κ2) is 5.79. The Balaban J connectivity index is 2.62. The second-order valence-electron chi connectivity index (χ2n) is 3.33. The lowest BCUT2D eigenvalue weighted by Gasteiger charge is -2.17. The maximum Gasteiger partial charge on any atom is 0.216 e. The number of hydrogen-bond donors (Lipinski definition) is 3. The molecule has 0 aliphatic heterocycles. The van der Waals surface area contributed by atoms with Gasteiger partial charge in [0.25, 0.3) is 0 Å². The van der Waals surface area contributed by atoms with Gasteiger partial charge in [-0.1, -0.05) is 17.7 Å². The molecule has 16 heavy (non-hydrogen) atoms. The number of pyridine rings is 1. The van der Waals surface area contributed by atoms with Crippen LogP contribution >= 0.6 is 11.6 Å². The van der Waals surface area contributed by atoms with Gasteiger partial charge in [0.15, 0.2) is 0 Å². The van der Waals surface area contributed by atoms with E-state index in [2.05, 4.69) is 10.3 Å². The van der Waals surface area contributed by atoms with E-state index in [9.17, 15) is 15.0 Å². The van der Waals surface area contributed by atoms with Crippen LogP contribution in [-0.2, 0) is 4.79 Å². The quantitative estimate of drug-likeness (QED) is 0.664. The summed E-state index contributed by atoms with van der Waals surface area (Å²) in [5.74, 6) is -0.273. The minimum absolute atomic E-state index is 0.0370. The van der Waals surface area contributed by atoms with Gasteiger partial charge in [-0.2, -0.15) is 0 Å². The molecule has 0 aliphatic rings. The number of hydrogen-bond acceptors (Lipinski definition) is 4. The molecule has 88 valence electrons. The van der Waals surface area contributed by atoms with Gasteiger partial charge in [-0.3, -0.25) is 4.79 Å². The van der Waals surface area contributed by atoms with Crippen LogP contribution in [0.5, 0.6) is 0 Å². The first-order valence-corrected chi connectivity index (χ1v) is 5.11. The summed E-state index contributed by atoms with van der Waals surface area (Å²) >= 11 is 5.65. The fraction of sp³-hybridized carbons (Fsp3) is 0.400. The van der Waals surface area contributed by atoms with Crippen molar-refractivity contribution < 1.29 is 15.0 Å². The third kappa shape index (κ3) is 3.77. The summed E-state index contributed by atoms with van der Waals surface area (Å²) in [6.45, 7) is 1.29. The van der Waals surface area contributed by atoms with E-state index in [1.54, 1.807) is 18.2 Å². The Morgan fingerprint density at radius 1 is 1.56 bits per heavy atom. The molecule has 5 nitrogen and oxygen atoms in total. The number of aliphatic hydroxyl groups is 2. The molecule has 0 radical (unpaired) electrons. The van der Waals surface area contributed by atoms with Gasteiger partial charge < -0.3 is 15.5 Å². The monoisotopic (exact) mass is 244 g/mol. The molecular formula is C10H13ClN2O3. The summed E-state index contributed by atoms with van der Waals surface area (Å²) in [5, 5.41) is 21.9. The first-order chi connectivity index (χ1) is 7.50. The van der Waals surface area contributed by atoms with E-state index < -0.39 is 12.2 Å². The minimum atomic E-state index is -1.18. The largest absolute Gasteiger partial charge is 0.388 e. The van der Waals surface area contributed by atoms with E-state index in [4.69, 9.17) is 11.6 Å². The smallest absolute Gasteiger partial charge is 0.216 e. The molecule has 1 rings (SSSR count). The number of carbonyl (C=O) groups is 1. The van der Waals surface area contributed by atoms with Crippen molar-refractivity contribution in [1.29, 1.82) is 0 Å². The molecule has 1 aromatic heterocycles. The van der Waals surface area contributed by atoms with Crippen LogP contribution in [-0.4, -0.2) is 33.8 Å². The fourth-order valence-corrected chi connectivity index (χ4v) is 1.32. The van der Waals surface area contributed by atoms with E-state index >= 15 is 0 Å². The Labute approximate surface area is 98.1 Å². The average molecular weight is 245 g/mol. The number of rotatable bonds is 4. The molecule has 6 heteroatoms. The van der Waals surface area contributed by atoms with E-state index in [0.717, 1.165) is 0 Å². The second-order valence-corrected chi connectivity index (χ2v) is 3.72. The Morgan fingerprint density at radius 3 is 2.81 bits per heavy atom. The Bertz CT molecular complexity index is 373. The van der Waals surface area contributed by atoms with E-state index in [-0.39, 0.29) is 23.3 Å². The lowest BCUT2D eigenvalue weighted by Crippen LogP contribution is -2.34. The van der Waals surface area contributed by atoms with Crippen molar-refractivity contribution in [2.75, 3.05) is 6.54 Å². The SMILES string of the molecule is CC(=O)NCC(O)C(O)c1cccc(Cl)n1. The van der Waals surface area contributed by atoms with Crippen molar-refractivity contribution in [3.8, 4) is 0 Å². The number of halogens is 1. The van der Waals surface area contributed by atoms with Crippen LogP contribution in [0.3, 0.4) is 0 Å². The van der Waals surface area contributed by atoms with Crippen molar-refractivity contribution in [3.63, 3.8) is 0 Å². The minimum Gasteiger partial charge on any atom is -0.388 e. The average Bonchev–Trinajstić information content (AvgIpc) is 2.24. The Hall–Kier alpha value is -1.17. The van der Waals surface area contributed by atoms with Crippen LogP contribution in [0.25, 0.3) is 0 Å². The summed E-state index contributed by atoms with van der Waals surface area (Å²) in [5.41, 5.74) is 0.269. The van der Waals surface area contributed by atoms with Gasteiger partial charge in [-0.05, 0) is 12.1 Å². The first kappa shape index (κ1) is 12.9. The van der Waals surface area contributed by atoms with Crippen LogP contribution in [0, 0.1) is 0 Å². The lowest BCUT2D eigenvalue weighted by atomic mass is 10.1. The maximum absolute atomic E-state index is 10.6.